The average Bonchev–Trinajstić information content (AvgIpc) is 2.39. The molecule has 0 aliphatic heterocycles. The van der Waals surface area contributed by atoms with Crippen LogP contribution in [0.1, 0.15) is 38.3 Å². The van der Waals surface area contributed by atoms with E-state index in [9.17, 15) is 13.2 Å². The van der Waals surface area contributed by atoms with E-state index in [-0.39, 0.29) is 17.4 Å². The van der Waals surface area contributed by atoms with E-state index in [1.807, 2.05) is 20.0 Å². The van der Waals surface area contributed by atoms with Gasteiger partial charge < -0.3 is 11.1 Å². The number of amides is 1. The molecular weight excluding hydrogens is 290 g/mol. The van der Waals surface area contributed by atoms with Crippen LogP contribution < -0.4 is 15.8 Å². The first-order valence-corrected chi connectivity index (χ1v) is 8.36. The summed E-state index contributed by atoms with van der Waals surface area (Å²) in [5.74, 6) is -0.541. The third-order valence-electron chi connectivity index (χ3n) is 3.19. The maximum Gasteiger partial charge on any atom is 0.240 e. The number of benzene rings is 1. The fourth-order valence-corrected chi connectivity index (χ4v) is 3.48. The normalized spacial score (nSPS) is 14.6. The summed E-state index contributed by atoms with van der Waals surface area (Å²) in [4.78, 5) is 11.0. The van der Waals surface area contributed by atoms with Crippen LogP contribution in [0.5, 0.6) is 0 Å². The molecule has 118 valence electrons. The van der Waals surface area contributed by atoms with Crippen molar-refractivity contribution in [1.82, 2.24) is 10.0 Å². The van der Waals surface area contributed by atoms with E-state index >= 15 is 0 Å². The van der Waals surface area contributed by atoms with Gasteiger partial charge in [-0.2, -0.15) is 0 Å². The van der Waals surface area contributed by atoms with E-state index in [4.69, 9.17) is 5.73 Å². The molecule has 0 aromatic heterocycles. The summed E-state index contributed by atoms with van der Waals surface area (Å²) in [6.07, 6.45) is 0.818. The first kappa shape index (κ1) is 17.6. The lowest BCUT2D eigenvalue weighted by Gasteiger charge is -2.17. The first-order chi connectivity index (χ1) is 9.80. The molecule has 2 atom stereocenters. The molecule has 1 rings (SSSR count). The van der Waals surface area contributed by atoms with Crippen molar-refractivity contribution in [1.29, 1.82) is 0 Å². The highest BCUT2D eigenvalue weighted by Gasteiger charge is 2.19. The van der Waals surface area contributed by atoms with Crippen molar-refractivity contribution in [3.05, 3.63) is 29.8 Å². The Hall–Kier alpha value is -1.44. The number of carbonyl (C=O) groups excluding carboxylic acids is 1. The van der Waals surface area contributed by atoms with E-state index in [1.165, 1.54) is 6.07 Å². The quantitative estimate of drug-likeness (QED) is 0.663. The van der Waals surface area contributed by atoms with E-state index in [0.717, 1.165) is 12.0 Å². The van der Waals surface area contributed by atoms with Crippen molar-refractivity contribution < 1.29 is 13.2 Å². The average molecular weight is 313 g/mol. The number of nitrogens with two attached hydrogens (primary N) is 1. The van der Waals surface area contributed by atoms with E-state index in [0.29, 0.717) is 0 Å². The van der Waals surface area contributed by atoms with Crippen LogP contribution in [0, 0.1) is 0 Å². The van der Waals surface area contributed by atoms with Crippen molar-refractivity contribution in [2.75, 3.05) is 7.05 Å². The van der Waals surface area contributed by atoms with E-state index < -0.39 is 22.0 Å². The molecule has 0 bridgehead atoms. The van der Waals surface area contributed by atoms with Gasteiger partial charge in [0, 0.05) is 18.5 Å². The zero-order valence-electron chi connectivity index (χ0n) is 12.6. The van der Waals surface area contributed by atoms with E-state index in [1.54, 1.807) is 19.1 Å². The second kappa shape index (κ2) is 7.53. The Bertz CT molecular complexity index is 583. The van der Waals surface area contributed by atoms with Crippen LogP contribution in [0.15, 0.2) is 29.2 Å². The molecule has 21 heavy (non-hydrogen) atoms. The van der Waals surface area contributed by atoms with Gasteiger partial charge in [0.1, 0.15) is 0 Å². The van der Waals surface area contributed by atoms with Crippen LogP contribution in [0.2, 0.25) is 0 Å². The molecule has 1 amide bonds. The highest BCUT2D eigenvalue weighted by molar-refractivity contribution is 7.89. The summed E-state index contributed by atoms with van der Waals surface area (Å²) >= 11 is 0. The molecule has 0 saturated carbocycles. The number of hydrogen-bond donors (Lipinski definition) is 3. The first-order valence-electron chi connectivity index (χ1n) is 6.88. The van der Waals surface area contributed by atoms with Crippen LogP contribution in [-0.2, 0) is 14.8 Å². The van der Waals surface area contributed by atoms with Crippen molar-refractivity contribution >= 4 is 15.9 Å². The molecule has 2 unspecified atom stereocenters. The van der Waals surface area contributed by atoms with Crippen LogP contribution in [-0.4, -0.2) is 27.4 Å². The standard InChI is InChI=1S/C14H23N3O3S/c1-4-13(16-3)11-6-5-7-12(9-11)21(19,20)17-10(2)8-14(15)18/h5-7,9-10,13,16-17H,4,8H2,1-3H3,(H2,15,18). The molecule has 0 radical (unpaired) electrons. The number of rotatable bonds is 8. The van der Waals surface area contributed by atoms with Crippen molar-refractivity contribution in [3.8, 4) is 0 Å². The summed E-state index contributed by atoms with van der Waals surface area (Å²) in [6.45, 7) is 3.63. The van der Waals surface area contributed by atoms with Crippen molar-refractivity contribution in [2.24, 2.45) is 5.73 Å². The van der Waals surface area contributed by atoms with Gasteiger partial charge in [0.2, 0.25) is 15.9 Å². The maximum absolute atomic E-state index is 12.3. The molecule has 0 saturated heterocycles. The second-order valence-electron chi connectivity index (χ2n) is 5.01. The van der Waals surface area contributed by atoms with Crippen LogP contribution >= 0.6 is 0 Å². The minimum absolute atomic E-state index is 0.0347. The molecule has 0 aliphatic rings. The summed E-state index contributed by atoms with van der Waals surface area (Å²) in [6, 6.07) is 6.33. The zero-order valence-corrected chi connectivity index (χ0v) is 13.4. The van der Waals surface area contributed by atoms with Crippen LogP contribution in [0.4, 0.5) is 0 Å². The third kappa shape index (κ3) is 5.11. The van der Waals surface area contributed by atoms with Gasteiger partial charge in [-0.1, -0.05) is 19.1 Å². The molecule has 1 aromatic rings. The summed E-state index contributed by atoms with van der Waals surface area (Å²) < 4.78 is 27.0. The fourth-order valence-electron chi connectivity index (χ4n) is 2.18. The summed E-state index contributed by atoms with van der Waals surface area (Å²) in [5, 5.41) is 3.14. The highest BCUT2D eigenvalue weighted by atomic mass is 32.2. The zero-order chi connectivity index (χ0) is 16.0. The third-order valence-corrected chi connectivity index (χ3v) is 4.78. The number of carbonyl (C=O) groups is 1. The van der Waals surface area contributed by atoms with Gasteiger partial charge in [0.15, 0.2) is 0 Å². The van der Waals surface area contributed by atoms with Gasteiger partial charge in [-0.15, -0.1) is 0 Å². The number of hydrogen-bond acceptors (Lipinski definition) is 4. The predicted molar refractivity (Wildman–Crippen MR) is 82.1 cm³/mol. The molecule has 1 aromatic carbocycles. The number of sulfonamides is 1. The molecule has 0 spiro atoms. The largest absolute Gasteiger partial charge is 0.370 e. The Labute approximate surface area is 126 Å². The molecule has 4 N–H and O–H groups in total. The summed E-state index contributed by atoms with van der Waals surface area (Å²) in [5.41, 5.74) is 5.98. The van der Waals surface area contributed by atoms with Gasteiger partial charge in [-0.05, 0) is 38.1 Å². The lowest BCUT2D eigenvalue weighted by atomic mass is 10.1. The smallest absolute Gasteiger partial charge is 0.240 e. The van der Waals surface area contributed by atoms with Gasteiger partial charge in [0.05, 0.1) is 4.90 Å². The Morgan fingerprint density at radius 1 is 1.38 bits per heavy atom. The molecule has 0 fully saturated rings. The van der Waals surface area contributed by atoms with Gasteiger partial charge in [-0.25, -0.2) is 13.1 Å². The predicted octanol–water partition coefficient (Wildman–Crippen LogP) is 0.899. The molecule has 0 heterocycles. The van der Waals surface area contributed by atoms with Gasteiger partial charge >= 0.3 is 0 Å². The van der Waals surface area contributed by atoms with Crippen LogP contribution in [0.3, 0.4) is 0 Å². The topological polar surface area (TPSA) is 101 Å². The summed E-state index contributed by atoms with van der Waals surface area (Å²) in [7, 11) is -1.83. The Morgan fingerprint density at radius 2 is 2.05 bits per heavy atom. The highest BCUT2D eigenvalue weighted by Crippen LogP contribution is 2.20. The van der Waals surface area contributed by atoms with Crippen molar-refractivity contribution in [3.63, 3.8) is 0 Å². The monoisotopic (exact) mass is 313 g/mol. The Morgan fingerprint density at radius 3 is 2.57 bits per heavy atom. The van der Waals surface area contributed by atoms with Gasteiger partial charge in [0.25, 0.3) is 0 Å². The Kier molecular flexibility index (Phi) is 6.32. The SMILES string of the molecule is CCC(NC)c1cccc(S(=O)(=O)NC(C)CC(N)=O)c1. The van der Waals surface area contributed by atoms with Crippen LogP contribution in [0.25, 0.3) is 0 Å². The minimum atomic E-state index is -3.66. The van der Waals surface area contributed by atoms with E-state index in [2.05, 4.69) is 10.0 Å². The Balaban J connectivity index is 2.98. The second-order valence-corrected chi connectivity index (χ2v) is 6.73. The fraction of sp³-hybridized carbons (Fsp3) is 0.500. The molecule has 7 heteroatoms. The lowest BCUT2D eigenvalue weighted by Crippen LogP contribution is -2.35. The number of primary amides is 1. The lowest BCUT2D eigenvalue weighted by molar-refractivity contribution is -0.118. The van der Waals surface area contributed by atoms with Gasteiger partial charge in [-0.3, -0.25) is 4.79 Å². The molecule has 0 aliphatic carbocycles. The molecular formula is C14H23N3O3S. The number of nitrogens with one attached hydrogen (secondary N) is 2. The molecule has 6 nitrogen and oxygen atoms in total. The minimum Gasteiger partial charge on any atom is -0.370 e. The maximum atomic E-state index is 12.3. The van der Waals surface area contributed by atoms with Crippen molar-refractivity contribution in [2.45, 2.75) is 43.7 Å².